The van der Waals surface area contributed by atoms with Gasteiger partial charge < -0.3 is 14.0 Å². The highest BCUT2D eigenvalue weighted by molar-refractivity contribution is 6.62. The molecule has 0 aliphatic carbocycles. The fourth-order valence-corrected chi connectivity index (χ4v) is 2.37. The molecule has 0 radical (unpaired) electrons. The highest BCUT2D eigenvalue weighted by atomic mass is 19.1. The van der Waals surface area contributed by atoms with Gasteiger partial charge in [-0.3, -0.25) is 4.68 Å². The Kier molecular flexibility index (Phi) is 4.13. The van der Waals surface area contributed by atoms with E-state index in [2.05, 4.69) is 10.3 Å². The summed E-state index contributed by atoms with van der Waals surface area (Å²) in [6.07, 6.45) is 1.72. The van der Waals surface area contributed by atoms with Crippen molar-refractivity contribution < 1.29 is 18.4 Å². The number of hydrogen-bond acceptors (Lipinski definition) is 5. The van der Waals surface area contributed by atoms with Crippen LogP contribution in [0.25, 0.3) is 0 Å². The summed E-state index contributed by atoms with van der Waals surface area (Å²) < 4.78 is 33.1. The molecule has 0 saturated carbocycles. The Labute approximate surface area is 141 Å². The maximum atomic E-state index is 14.0. The standard InChI is InChI=1S/C16H21BFN3O3/c1-15(2)16(3,4)24-17(23-15)11-6-7-13(18)14(8-11)22-10-12-9-21(5)20-19-12/h6-9H,10H2,1-5H3. The Morgan fingerprint density at radius 1 is 1.21 bits per heavy atom. The quantitative estimate of drug-likeness (QED) is 0.799. The van der Waals surface area contributed by atoms with E-state index in [1.54, 1.807) is 30.1 Å². The van der Waals surface area contributed by atoms with Crippen molar-refractivity contribution in [3.05, 3.63) is 35.9 Å². The first-order chi connectivity index (χ1) is 11.2. The van der Waals surface area contributed by atoms with Crippen molar-refractivity contribution in [3.63, 3.8) is 0 Å². The molecule has 1 aromatic carbocycles. The Morgan fingerprint density at radius 2 is 1.88 bits per heavy atom. The number of nitrogens with zero attached hydrogens (tertiary/aromatic N) is 3. The van der Waals surface area contributed by atoms with Gasteiger partial charge in [0.1, 0.15) is 12.3 Å². The van der Waals surface area contributed by atoms with Gasteiger partial charge in [-0.1, -0.05) is 11.3 Å². The number of halogens is 1. The molecule has 8 heteroatoms. The number of rotatable bonds is 4. The maximum Gasteiger partial charge on any atom is 0.494 e. The first-order valence-electron chi connectivity index (χ1n) is 7.81. The fraction of sp³-hybridized carbons (Fsp3) is 0.500. The number of aryl methyl sites for hydroxylation is 1. The van der Waals surface area contributed by atoms with Crippen LogP contribution in [-0.2, 0) is 23.0 Å². The van der Waals surface area contributed by atoms with E-state index < -0.39 is 24.1 Å². The van der Waals surface area contributed by atoms with Crippen molar-refractivity contribution in [2.45, 2.75) is 45.5 Å². The maximum absolute atomic E-state index is 14.0. The van der Waals surface area contributed by atoms with Gasteiger partial charge in [-0.2, -0.15) is 0 Å². The summed E-state index contributed by atoms with van der Waals surface area (Å²) in [5, 5.41) is 7.73. The summed E-state index contributed by atoms with van der Waals surface area (Å²) in [7, 11) is 1.20. The summed E-state index contributed by atoms with van der Waals surface area (Å²) >= 11 is 0. The third kappa shape index (κ3) is 3.16. The molecule has 0 unspecified atom stereocenters. The van der Waals surface area contributed by atoms with Gasteiger partial charge in [0, 0.05) is 7.05 Å². The molecule has 1 saturated heterocycles. The zero-order valence-electron chi connectivity index (χ0n) is 14.5. The number of benzene rings is 1. The SMILES string of the molecule is Cn1cc(COc2cc(B3OC(C)(C)C(C)(C)O3)ccc2F)nn1. The first kappa shape index (κ1) is 16.9. The van der Waals surface area contributed by atoms with Gasteiger partial charge in [0.15, 0.2) is 11.6 Å². The highest BCUT2D eigenvalue weighted by Crippen LogP contribution is 2.36. The van der Waals surface area contributed by atoms with Crippen LogP contribution in [0.4, 0.5) is 4.39 Å². The van der Waals surface area contributed by atoms with Crippen LogP contribution in [0.3, 0.4) is 0 Å². The Bertz CT molecular complexity index is 732. The molecule has 0 bridgehead atoms. The third-order valence-electron chi connectivity index (χ3n) is 4.51. The molecule has 0 N–H and O–H groups in total. The topological polar surface area (TPSA) is 58.4 Å². The van der Waals surface area contributed by atoms with E-state index >= 15 is 0 Å². The van der Waals surface area contributed by atoms with Crippen molar-refractivity contribution in [3.8, 4) is 5.75 Å². The Morgan fingerprint density at radius 3 is 2.46 bits per heavy atom. The van der Waals surface area contributed by atoms with E-state index in [0.29, 0.717) is 11.2 Å². The monoisotopic (exact) mass is 333 g/mol. The molecule has 0 spiro atoms. The molecule has 2 heterocycles. The second kappa shape index (κ2) is 5.86. The third-order valence-corrected chi connectivity index (χ3v) is 4.51. The second-order valence-electron chi connectivity index (χ2n) is 6.95. The minimum absolute atomic E-state index is 0.132. The van der Waals surface area contributed by atoms with Crippen molar-refractivity contribution in [2.24, 2.45) is 7.05 Å². The van der Waals surface area contributed by atoms with Gasteiger partial charge in [-0.05, 0) is 45.3 Å². The molecule has 6 nitrogen and oxygen atoms in total. The number of hydrogen-bond donors (Lipinski definition) is 0. The van der Waals surface area contributed by atoms with Gasteiger partial charge >= 0.3 is 7.12 Å². The van der Waals surface area contributed by atoms with Crippen molar-refractivity contribution in [1.29, 1.82) is 0 Å². The van der Waals surface area contributed by atoms with Gasteiger partial charge in [0.2, 0.25) is 0 Å². The van der Waals surface area contributed by atoms with E-state index in [4.69, 9.17) is 14.0 Å². The smallest absolute Gasteiger partial charge is 0.484 e. The minimum atomic E-state index is -0.561. The lowest BCUT2D eigenvalue weighted by molar-refractivity contribution is 0.00578. The van der Waals surface area contributed by atoms with Gasteiger partial charge in [-0.15, -0.1) is 5.10 Å². The number of ether oxygens (including phenoxy) is 1. The summed E-state index contributed by atoms with van der Waals surface area (Å²) in [6, 6.07) is 4.60. The van der Waals surface area contributed by atoms with Crippen LogP contribution in [0.2, 0.25) is 0 Å². The normalized spacial score (nSPS) is 18.8. The second-order valence-corrected chi connectivity index (χ2v) is 6.95. The molecule has 1 aliphatic heterocycles. The van der Waals surface area contributed by atoms with Crippen LogP contribution >= 0.6 is 0 Å². The summed E-state index contributed by atoms with van der Waals surface area (Å²) in [4.78, 5) is 0. The molecule has 24 heavy (non-hydrogen) atoms. The lowest BCUT2D eigenvalue weighted by atomic mass is 9.79. The van der Waals surface area contributed by atoms with E-state index in [1.165, 1.54) is 6.07 Å². The summed E-state index contributed by atoms with van der Waals surface area (Å²) in [5.74, 6) is -0.313. The molecule has 128 valence electrons. The zero-order valence-corrected chi connectivity index (χ0v) is 14.5. The van der Waals surface area contributed by atoms with Gasteiger partial charge in [0.25, 0.3) is 0 Å². The van der Waals surface area contributed by atoms with Crippen LogP contribution in [0.1, 0.15) is 33.4 Å². The van der Waals surface area contributed by atoms with Gasteiger partial charge in [0.05, 0.1) is 17.4 Å². The zero-order chi connectivity index (χ0) is 17.5. The van der Waals surface area contributed by atoms with E-state index in [-0.39, 0.29) is 12.4 Å². The molecular formula is C16H21BFN3O3. The molecule has 2 aromatic rings. The summed E-state index contributed by atoms with van der Waals surface area (Å²) in [6.45, 7) is 8.03. The van der Waals surface area contributed by atoms with Crippen LogP contribution in [0, 0.1) is 5.82 Å². The lowest BCUT2D eigenvalue weighted by Crippen LogP contribution is -2.41. The minimum Gasteiger partial charge on any atom is -0.484 e. The molecule has 1 aromatic heterocycles. The molecule has 1 fully saturated rings. The van der Waals surface area contributed by atoms with E-state index in [9.17, 15) is 4.39 Å². The van der Waals surface area contributed by atoms with Crippen LogP contribution < -0.4 is 10.2 Å². The average Bonchev–Trinajstić information content (AvgIpc) is 2.99. The molecular weight excluding hydrogens is 312 g/mol. The molecule has 0 amide bonds. The van der Waals surface area contributed by atoms with Crippen molar-refractivity contribution in [2.75, 3.05) is 0 Å². The van der Waals surface area contributed by atoms with Crippen LogP contribution in [0.5, 0.6) is 5.75 Å². The first-order valence-corrected chi connectivity index (χ1v) is 7.81. The lowest BCUT2D eigenvalue weighted by Gasteiger charge is -2.32. The predicted molar refractivity (Wildman–Crippen MR) is 87.5 cm³/mol. The Balaban J connectivity index is 1.77. The number of aromatic nitrogens is 3. The average molecular weight is 333 g/mol. The molecule has 3 rings (SSSR count). The fourth-order valence-electron chi connectivity index (χ4n) is 2.37. The largest absolute Gasteiger partial charge is 0.494 e. The highest BCUT2D eigenvalue weighted by Gasteiger charge is 2.51. The summed E-state index contributed by atoms with van der Waals surface area (Å²) in [5.41, 5.74) is 0.432. The van der Waals surface area contributed by atoms with Gasteiger partial charge in [-0.25, -0.2) is 4.39 Å². The van der Waals surface area contributed by atoms with Crippen LogP contribution in [0.15, 0.2) is 24.4 Å². The van der Waals surface area contributed by atoms with Crippen molar-refractivity contribution in [1.82, 2.24) is 15.0 Å². The molecule has 0 atom stereocenters. The van der Waals surface area contributed by atoms with Crippen molar-refractivity contribution >= 4 is 12.6 Å². The Hall–Kier alpha value is -1.93. The predicted octanol–water partition coefficient (Wildman–Crippen LogP) is 1.83. The van der Waals surface area contributed by atoms with E-state index in [0.717, 1.165) is 0 Å². The molecule has 1 aliphatic rings. The van der Waals surface area contributed by atoms with E-state index in [1.807, 2.05) is 27.7 Å². The van der Waals surface area contributed by atoms with Crippen LogP contribution in [-0.4, -0.2) is 33.3 Å².